The van der Waals surface area contributed by atoms with E-state index in [0.29, 0.717) is 31.9 Å². The predicted octanol–water partition coefficient (Wildman–Crippen LogP) is 2.46. The van der Waals surface area contributed by atoms with Crippen LogP contribution in [0.1, 0.15) is 6.42 Å². The van der Waals surface area contributed by atoms with Gasteiger partial charge in [0.15, 0.2) is 0 Å². The molecule has 3 aromatic rings. The first kappa shape index (κ1) is 24.7. The normalized spacial score (nSPS) is 18.5. The van der Waals surface area contributed by atoms with E-state index in [1.807, 2.05) is 42.5 Å². The number of hydrogen-bond acceptors (Lipinski definition) is 5. The van der Waals surface area contributed by atoms with Gasteiger partial charge in [-0.05, 0) is 35.7 Å². The van der Waals surface area contributed by atoms with Gasteiger partial charge in [0.25, 0.3) is 0 Å². The van der Waals surface area contributed by atoms with Gasteiger partial charge in [-0.3, -0.25) is 19.3 Å². The number of carbonyl (C=O) groups excluding carboxylic acids is 3. The Morgan fingerprint density at radius 3 is 2.43 bits per heavy atom. The van der Waals surface area contributed by atoms with E-state index in [1.54, 1.807) is 12.1 Å². The fourth-order valence-electron chi connectivity index (χ4n) is 5.03. The van der Waals surface area contributed by atoms with Crippen molar-refractivity contribution in [1.82, 2.24) is 15.1 Å². The van der Waals surface area contributed by atoms with Gasteiger partial charge in [0.05, 0.1) is 13.0 Å². The van der Waals surface area contributed by atoms with E-state index in [2.05, 4.69) is 20.4 Å². The summed E-state index contributed by atoms with van der Waals surface area (Å²) in [5.74, 6) is -1.05. The summed E-state index contributed by atoms with van der Waals surface area (Å²) in [6.45, 7) is 3.71. The van der Waals surface area contributed by atoms with E-state index in [9.17, 15) is 18.8 Å². The van der Waals surface area contributed by atoms with Gasteiger partial charge in [-0.2, -0.15) is 0 Å². The van der Waals surface area contributed by atoms with E-state index < -0.39 is 6.04 Å². The standard InChI is InChI=1S/C28H30FN5O3/c29-21-8-10-22(11-9-21)33-16-14-32(15-17-33)19-27(36)34-13-12-30-28(37)25(34)18-26(35)31-24-7-3-5-20-4-1-2-6-23(20)24/h1-11,25H,12-19H2,(H,30,37)(H,31,35). The van der Waals surface area contributed by atoms with E-state index in [1.165, 1.54) is 17.0 Å². The molecule has 2 N–H and O–H groups in total. The first-order chi connectivity index (χ1) is 18.0. The molecule has 1 unspecified atom stereocenters. The summed E-state index contributed by atoms with van der Waals surface area (Å²) in [5.41, 5.74) is 1.63. The molecule has 0 radical (unpaired) electrons. The smallest absolute Gasteiger partial charge is 0.243 e. The fourth-order valence-corrected chi connectivity index (χ4v) is 5.03. The zero-order valence-corrected chi connectivity index (χ0v) is 20.5. The number of rotatable bonds is 6. The fraction of sp³-hybridized carbons (Fsp3) is 0.321. The number of amides is 3. The Kier molecular flexibility index (Phi) is 7.32. The molecule has 8 nitrogen and oxygen atoms in total. The van der Waals surface area contributed by atoms with Crippen molar-refractivity contribution in [2.24, 2.45) is 0 Å². The van der Waals surface area contributed by atoms with Crippen LogP contribution in [-0.2, 0) is 14.4 Å². The van der Waals surface area contributed by atoms with Crippen molar-refractivity contribution >= 4 is 39.9 Å². The summed E-state index contributed by atoms with van der Waals surface area (Å²) < 4.78 is 13.2. The van der Waals surface area contributed by atoms with Crippen LogP contribution in [-0.4, -0.2) is 79.4 Å². The Hall–Kier alpha value is -3.98. The SMILES string of the molecule is O=C(CC1C(=O)NCCN1C(=O)CN1CCN(c2ccc(F)cc2)CC1)Nc1cccc2ccccc12. The third-order valence-corrected chi connectivity index (χ3v) is 7.02. The Morgan fingerprint density at radius 2 is 1.65 bits per heavy atom. The third-order valence-electron chi connectivity index (χ3n) is 7.02. The largest absolute Gasteiger partial charge is 0.369 e. The van der Waals surface area contributed by atoms with Crippen LogP contribution in [0.4, 0.5) is 15.8 Å². The van der Waals surface area contributed by atoms with Crippen LogP contribution in [0, 0.1) is 5.82 Å². The van der Waals surface area contributed by atoms with Crippen LogP contribution in [0.2, 0.25) is 0 Å². The third kappa shape index (κ3) is 5.72. The maximum absolute atomic E-state index is 13.2. The second-order valence-corrected chi connectivity index (χ2v) is 9.41. The molecule has 0 aliphatic carbocycles. The van der Waals surface area contributed by atoms with Crippen LogP contribution in [0.25, 0.3) is 10.8 Å². The van der Waals surface area contributed by atoms with Crippen molar-refractivity contribution in [2.75, 3.05) is 56.0 Å². The number of carbonyl (C=O) groups is 3. The Balaban J connectivity index is 1.19. The predicted molar refractivity (Wildman–Crippen MR) is 141 cm³/mol. The van der Waals surface area contributed by atoms with Crippen LogP contribution in [0.3, 0.4) is 0 Å². The summed E-state index contributed by atoms with van der Waals surface area (Å²) in [6.07, 6.45) is -0.112. The summed E-state index contributed by atoms with van der Waals surface area (Å²) in [7, 11) is 0. The lowest BCUT2D eigenvalue weighted by atomic mass is 10.1. The van der Waals surface area contributed by atoms with Crippen molar-refractivity contribution in [1.29, 1.82) is 0 Å². The molecule has 5 rings (SSSR count). The molecule has 2 aliphatic heterocycles. The summed E-state index contributed by atoms with van der Waals surface area (Å²) in [4.78, 5) is 44.6. The number of nitrogens with zero attached hydrogens (tertiary/aromatic N) is 3. The molecule has 0 aromatic heterocycles. The molecule has 0 bridgehead atoms. The van der Waals surface area contributed by atoms with Gasteiger partial charge in [-0.15, -0.1) is 0 Å². The minimum atomic E-state index is -0.850. The lowest BCUT2D eigenvalue weighted by molar-refractivity contribution is -0.145. The van der Waals surface area contributed by atoms with Crippen molar-refractivity contribution in [3.8, 4) is 0 Å². The van der Waals surface area contributed by atoms with Gasteiger partial charge >= 0.3 is 0 Å². The second kappa shape index (κ2) is 11.0. The maximum atomic E-state index is 13.2. The Morgan fingerprint density at radius 1 is 0.919 bits per heavy atom. The topological polar surface area (TPSA) is 85.0 Å². The molecule has 1 atom stereocenters. The number of anilines is 2. The van der Waals surface area contributed by atoms with Crippen LogP contribution in [0.5, 0.6) is 0 Å². The average molecular weight is 504 g/mol. The van der Waals surface area contributed by atoms with Gasteiger partial charge in [-0.1, -0.05) is 36.4 Å². The van der Waals surface area contributed by atoms with Crippen LogP contribution in [0.15, 0.2) is 66.7 Å². The average Bonchev–Trinajstić information content (AvgIpc) is 2.91. The van der Waals surface area contributed by atoms with Gasteiger partial charge in [0.1, 0.15) is 11.9 Å². The number of nitrogens with one attached hydrogen (secondary N) is 2. The number of halogens is 1. The van der Waals surface area contributed by atoms with Gasteiger partial charge in [0.2, 0.25) is 17.7 Å². The number of piperazine rings is 2. The molecule has 37 heavy (non-hydrogen) atoms. The summed E-state index contributed by atoms with van der Waals surface area (Å²) >= 11 is 0. The summed E-state index contributed by atoms with van der Waals surface area (Å²) in [6, 6.07) is 19.0. The van der Waals surface area contributed by atoms with Crippen molar-refractivity contribution in [3.05, 3.63) is 72.5 Å². The zero-order chi connectivity index (χ0) is 25.8. The van der Waals surface area contributed by atoms with E-state index in [0.717, 1.165) is 29.5 Å². The monoisotopic (exact) mass is 503 g/mol. The van der Waals surface area contributed by atoms with Crippen molar-refractivity contribution in [2.45, 2.75) is 12.5 Å². The number of fused-ring (bicyclic) bond motifs is 1. The van der Waals surface area contributed by atoms with E-state index in [4.69, 9.17) is 0 Å². The van der Waals surface area contributed by atoms with E-state index >= 15 is 0 Å². The number of benzene rings is 3. The molecule has 0 spiro atoms. The highest BCUT2D eigenvalue weighted by atomic mass is 19.1. The molecule has 2 aliphatic rings. The molecule has 3 aromatic carbocycles. The molecule has 2 saturated heterocycles. The minimum Gasteiger partial charge on any atom is -0.369 e. The Labute approximate surface area is 215 Å². The second-order valence-electron chi connectivity index (χ2n) is 9.41. The molecule has 0 saturated carbocycles. The lowest BCUT2D eigenvalue weighted by Crippen LogP contribution is -2.60. The lowest BCUT2D eigenvalue weighted by Gasteiger charge is -2.39. The highest BCUT2D eigenvalue weighted by Crippen LogP contribution is 2.24. The summed E-state index contributed by atoms with van der Waals surface area (Å²) in [5, 5.41) is 7.63. The Bertz CT molecular complexity index is 1290. The molecule has 192 valence electrons. The zero-order valence-electron chi connectivity index (χ0n) is 20.5. The van der Waals surface area contributed by atoms with Gasteiger partial charge in [-0.25, -0.2) is 4.39 Å². The molecular weight excluding hydrogens is 473 g/mol. The molecule has 2 heterocycles. The highest BCUT2D eigenvalue weighted by molar-refractivity contribution is 6.04. The molecule has 3 amide bonds. The first-order valence-corrected chi connectivity index (χ1v) is 12.6. The quantitative estimate of drug-likeness (QED) is 0.540. The van der Waals surface area contributed by atoms with Gasteiger partial charge in [0, 0.05) is 56.0 Å². The number of hydrogen-bond donors (Lipinski definition) is 2. The van der Waals surface area contributed by atoms with Crippen molar-refractivity contribution in [3.63, 3.8) is 0 Å². The highest BCUT2D eigenvalue weighted by Gasteiger charge is 2.35. The minimum absolute atomic E-state index is 0.112. The maximum Gasteiger partial charge on any atom is 0.243 e. The van der Waals surface area contributed by atoms with Crippen LogP contribution >= 0.6 is 0 Å². The molecular formula is C28H30FN5O3. The molecule has 9 heteroatoms. The first-order valence-electron chi connectivity index (χ1n) is 12.6. The molecule has 2 fully saturated rings. The van der Waals surface area contributed by atoms with Crippen LogP contribution < -0.4 is 15.5 Å². The van der Waals surface area contributed by atoms with Gasteiger partial charge < -0.3 is 20.4 Å². The van der Waals surface area contributed by atoms with Crippen molar-refractivity contribution < 1.29 is 18.8 Å². The van der Waals surface area contributed by atoms with E-state index in [-0.39, 0.29) is 36.5 Å².